The Morgan fingerprint density at radius 1 is 1.20 bits per heavy atom. The lowest BCUT2D eigenvalue weighted by Gasteiger charge is -2.36. The van der Waals surface area contributed by atoms with Gasteiger partial charge in [0, 0.05) is 24.5 Å². The molecule has 0 radical (unpaired) electrons. The molecule has 1 aromatic carbocycles. The second-order valence-corrected chi connectivity index (χ2v) is 4.74. The van der Waals surface area contributed by atoms with Crippen molar-refractivity contribution >= 4 is 6.29 Å². The minimum Gasteiger partial charge on any atom is -0.366 e. The number of nitrogens with zero attached hydrogens (tertiary/aromatic N) is 3. The Balaban J connectivity index is 2.07. The van der Waals surface area contributed by atoms with Gasteiger partial charge in [-0.05, 0) is 29.7 Å². The third kappa shape index (κ3) is 2.32. The van der Waals surface area contributed by atoms with E-state index in [0.29, 0.717) is 0 Å². The SMILES string of the molecule is O=CC=CN1CCc2ccccc2C1c1ccnnc1. The first-order chi connectivity index (χ1) is 9.90. The van der Waals surface area contributed by atoms with E-state index in [1.54, 1.807) is 12.4 Å². The molecule has 1 atom stereocenters. The van der Waals surface area contributed by atoms with Crippen molar-refractivity contribution in [1.82, 2.24) is 15.1 Å². The molecule has 20 heavy (non-hydrogen) atoms. The highest BCUT2D eigenvalue weighted by atomic mass is 16.1. The van der Waals surface area contributed by atoms with Gasteiger partial charge in [-0.2, -0.15) is 10.2 Å². The fourth-order valence-electron chi connectivity index (χ4n) is 2.73. The van der Waals surface area contributed by atoms with Gasteiger partial charge in [-0.25, -0.2) is 0 Å². The lowest BCUT2D eigenvalue weighted by Crippen LogP contribution is -2.32. The summed E-state index contributed by atoms with van der Waals surface area (Å²) < 4.78 is 0. The second-order valence-electron chi connectivity index (χ2n) is 4.74. The first kappa shape index (κ1) is 12.5. The number of benzene rings is 1. The molecule has 0 amide bonds. The molecule has 0 saturated heterocycles. The van der Waals surface area contributed by atoms with E-state index in [1.807, 2.05) is 18.3 Å². The van der Waals surface area contributed by atoms with E-state index in [9.17, 15) is 4.79 Å². The number of allylic oxidation sites excluding steroid dienone is 1. The second kappa shape index (κ2) is 5.65. The van der Waals surface area contributed by atoms with Crippen LogP contribution in [0.3, 0.4) is 0 Å². The first-order valence-electron chi connectivity index (χ1n) is 6.62. The fourth-order valence-corrected chi connectivity index (χ4v) is 2.73. The highest BCUT2D eigenvalue weighted by molar-refractivity contribution is 5.64. The summed E-state index contributed by atoms with van der Waals surface area (Å²) in [5.41, 5.74) is 3.70. The van der Waals surface area contributed by atoms with Gasteiger partial charge >= 0.3 is 0 Å². The molecule has 1 aromatic heterocycles. The molecule has 0 spiro atoms. The van der Waals surface area contributed by atoms with Crippen LogP contribution in [-0.2, 0) is 11.2 Å². The van der Waals surface area contributed by atoms with Gasteiger partial charge in [0.05, 0.1) is 12.2 Å². The van der Waals surface area contributed by atoms with Crippen LogP contribution < -0.4 is 0 Å². The van der Waals surface area contributed by atoms with Crippen molar-refractivity contribution in [2.45, 2.75) is 12.5 Å². The molecule has 4 heteroatoms. The smallest absolute Gasteiger partial charge is 0.144 e. The van der Waals surface area contributed by atoms with Gasteiger partial charge in [0.2, 0.25) is 0 Å². The third-order valence-electron chi connectivity index (χ3n) is 3.60. The molecule has 3 rings (SSSR count). The predicted octanol–water partition coefficient (Wildman–Crippen LogP) is 2.14. The molecule has 2 aromatic rings. The van der Waals surface area contributed by atoms with Gasteiger partial charge in [0.25, 0.3) is 0 Å². The minimum atomic E-state index is 0.0895. The van der Waals surface area contributed by atoms with Crippen molar-refractivity contribution in [1.29, 1.82) is 0 Å². The summed E-state index contributed by atoms with van der Waals surface area (Å²) in [6, 6.07) is 10.5. The van der Waals surface area contributed by atoms with Gasteiger partial charge in [0.1, 0.15) is 6.29 Å². The average Bonchev–Trinajstić information content (AvgIpc) is 2.53. The van der Waals surface area contributed by atoms with Crippen LogP contribution in [0.2, 0.25) is 0 Å². The summed E-state index contributed by atoms with van der Waals surface area (Å²) in [4.78, 5) is 12.8. The van der Waals surface area contributed by atoms with Crippen LogP contribution in [0.15, 0.2) is 55.0 Å². The quantitative estimate of drug-likeness (QED) is 0.630. The number of hydrogen-bond acceptors (Lipinski definition) is 4. The summed E-state index contributed by atoms with van der Waals surface area (Å²) in [6.07, 6.45) is 8.67. The summed E-state index contributed by atoms with van der Waals surface area (Å²) in [7, 11) is 0. The Labute approximate surface area is 117 Å². The number of carbonyl (C=O) groups excluding carboxylic acids is 1. The summed E-state index contributed by atoms with van der Waals surface area (Å²) >= 11 is 0. The Bertz CT molecular complexity index is 625. The Kier molecular flexibility index (Phi) is 3.54. The van der Waals surface area contributed by atoms with Crippen LogP contribution >= 0.6 is 0 Å². The molecule has 0 aliphatic carbocycles. The van der Waals surface area contributed by atoms with E-state index in [0.717, 1.165) is 24.8 Å². The van der Waals surface area contributed by atoms with Crippen molar-refractivity contribution in [3.63, 3.8) is 0 Å². The molecule has 0 N–H and O–H groups in total. The lowest BCUT2D eigenvalue weighted by atomic mass is 9.89. The summed E-state index contributed by atoms with van der Waals surface area (Å²) in [6.45, 7) is 0.883. The van der Waals surface area contributed by atoms with Gasteiger partial charge < -0.3 is 4.90 Å². The normalized spacial score (nSPS) is 18.0. The zero-order valence-corrected chi connectivity index (χ0v) is 11.0. The van der Waals surface area contributed by atoms with Crippen molar-refractivity contribution < 1.29 is 4.79 Å². The van der Waals surface area contributed by atoms with Gasteiger partial charge in [-0.3, -0.25) is 4.79 Å². The minimum absolute atomic E-state index is 0.0895. The number of aldehydes is 1. The zero-order chi connectivity index (χ0) is 13.8. The van der Waals surface area contributed by atoms with Crippen LogP contribution in [0.1, 0.15) is 22.7 Å². The molecule has 1 aliphatic rings. The zero-order valence-electron chi connectivity index (χ0n) is 11.0. The van der Waals surface area contributed by atoms with Crippen LogP contribution in [0.4, 0.5) is 0 Å². The number of rotatable bonds is 3. The highest BCUT2D eigenvalue weighted by Crippen LogP contribution is 2.34. The Morgan fingerprint density at radius 2 is 2.10 bits per heavy atom. The molecule has 1 unspecified atom stereocenters. The standard InChI is InChI=1S/C16H15N3O/c20-11-3-9-19-10-7-13-4-1-2-5-15(13)16(19)14-6-8-17-18-12-14/h1-6,8-9,11-12,16H,7,10H2. The van der Waals surface area contributed by atoms with Crippen molar-refractivity contribution in [2.75, 3.05) is 6.54 Å². The number of carbonyl (C=O) groups is 1. The third-order valence-corrected chi connectivity index (χ3v) is 3.60. The van der Waals surface area contributed by atoms with Gasteiger partial charge in [-0.15, -0.1) is 0 Å². The number of hydrogen-bond donors (Lipinski definition) is 0. The predicted molar refractivity (Wildman–Crippen MR) is 75.9 cm³/mol. The molecule has 0 saturated carbocycles. The number of aromatic nitrogens is 2. The van der Waals surface area contributed by atoms with Crippen molar-refractivity contribution in [2.24, 2.45) is 0 Å². The monoisotopic (exact) mass is 265 g/mol. The van der Waals surface area contributed by atoms with E-state index < -0.39 is 0 Å². The highest BCUT2D eigenvalue weighted by Gasteiger charge is 2.26. The molecular weight excluding hydrogens is 250 g/mol. The summed E-state index contributed by atoms with van der Waals surface area (Å²) in [5.74, 6) is 0. The lowest BCUT2D eigenvalue weighted by molar-refractivity contribution is -0.104. The Hall–Kier alpha value is -2.49. The maximum absolute atomic E-state index is 10.6. The van der Waals surface area contributed by atoms with Crippen LogP contribution in [0.25, 0.3) is 0 Å². The van der Waals surface area contributed by atoms with Crippen LogP contribution in [0, 0.1) is 0 Å². The maximum Gasteiger partial charge on any atom is 0.144 e. The molecule has 0 bridgehead atoms. The Morgan fingerprint density at radius 3 is 2.90 bits per heavy atom. The van der Waals surface area contributed by atoms with Gasteiger partial charge in [-0.1, -0.05) is 24.3 Å². The van der Waals surface area contributed by atoms with Crippen molar-refractivity contribution in [3.05, 3.63) is 71.7 Å². The van der Waals surface area contributed by atoms with E-state index >= 15 is 0 Å². The van der Waals surface area contributed by atoms with E-state index in [2.05, 4.69) is 33.3 Å². The average molecular weight is 265 g/mol. The largest absolute Gasteiger partial charge is 0.366 e. The molecule has 4 nitrogen and oxygen atoms in total. The molecule has 0 fully saturated rings. The van der Waals surface area contributed by atoms with Crippen LogP contribution in [0.5, 0.6) is 0 Å². The van der Waals surface area contributed by atoms with E-state index in [-0.39, 0.29) is 6.04 Å². The number of fused-ring (bicyclic) bond motifs is 1. The topological polar surface area (TPSA) is 46.1 Å². The summed E-state index contributed by atoms with van der Waals surface area (Å²) in [5, 5.41) is 7.82. The first-order valence-corrected chi connectivity index (χ1v) is 6.62. The van der Waals surface area contributed by atoms with Crippen molar-refractivity contribution in [3.8, 4) is 0 Å². The van der Waals surface area contributed by atoms with Gasteiger partial charge in [0.15, 0.2) is 0 Å². The fraction of sp³-hybridized carbons (Fsp3) is 0.188. The van der Waals surface area contributed by atoms with Crippen LogP contribution in [-0.4, -0.2) is 27.9 Å². The maximum atomic E-state index is 10.6. The molecule has 2 heterocycles. The van der Waals surface area contributed by atoms with E-state index in [1.165, 1.54) is 17.2 Å². The molecule has 100 valence electrons. The van der Waals surface area contributed by atoms with E-state index in [4.69, 9.17) is 0 Å². The molecular formula is C16H15N3O. The molecule has 1 aliphatic heterocycles.